The van der Waals surface area contributed by atoms with E-state index in [2.05, 4.69) is 4.74 Å². The highest BCUT2D eigenvalue weighted by molar-refractivity contribution is 5.91. The van der Waals surface area contributed by atoms with Gasteiger partial charge in [-0.3, -0.25) is 0 Å². The lowest BCUT2D eigenvalue weighted by molar-refractivity contribution is -0.134. The molecule has 0 spiro atoms. The highest BCUT2D eigenvalue weighted by Crippen LogP contribution is 1.78. The first kappa shape index (κ1) is 8.17. The molecule has 0 radical (unpaired) electrons. The molecule has 0 amide bonds. The molecule has 0 aliphatic heterocycles. The molecule has 0 saturated carbocycles. The summed E-state index contributed by atoms with van der Waals surface area (Å²) in [5.41, 5.74) is 0. The lowest BCUT2D eigenvalue weighted by Gasteiger charge is -1.81. The molecule has 0 rings (SSSR count). The third kappa shape index (κ3) is 4.33. The second kappa shape index (κ2) is 4.09. The SMILES string of the molecule is N#COC(=O)/C=C/C(=O)O. The topological polar surface area (TPSA) is 87.4 Å². The molecule has 5 heteroatoms. The Labute approximate surface area is 56.1 Å². The van der Waals surface area contributed by atoms with Crippen molar-refractivity contribution < 1.29 is 19.4 Å². The zero-order valence-corrected chi connectivity index (χ0v) is 4.77. The molecule has 0 aromatic carbocycles. The minimum Gasteiger partial charge on any atom is -0.478 e. The van der Waals surface area contributed by atoms with Gasteiger partial charge in [-0.25, -0.2) is 9.59 Å². The quantitative estimate of drug-likeness (QED) is 0.322. The van der Waals surface area contributed by atoms with Gasteiger partial charge in [-0.15, -0.1) is 5.26 Å². The van der Waals surface area contributed by atoms with Crippen molar-refractivity contribution in [2.45, 2.75) is 0 Å². The van der Waals surface area contributed by atoms with Crippen LogP contribution in [0.1, 0.15) is 0 Å². The van der Waals surface area contributed by atoms with Crippen LogP contribution >= 0.6 is 0 Å². The molecule has 0 aromatic rings. The van der Waals surface area contributed by atoms with E-state index in [-0.39, 0.29) is 0 Å². The Morgan fingerprint density at radius 1 is 1.50 bits per heavy atom. The van der Waals surface area contributed by atoms with Gasteiger partial charge >= 0.3 is 11.9 Å². The molecule has 0 aliphatic rings. The molecule has 0 saturated heterocycles. The van der Waals surface area contributed by atoms with Crippen molar-refractivity contribution in [3.8, 4) is 6.26 Å². The normalized spacial score (nSPS) is 8.70. The Morgan fingerprint density at radius 2 is 2.10 bits per heavy atom. The predicted molar refractivity (Wildman–Crippen MR) is 28.5 cm³/mol. The van der Waals surface area contributed by atoms with Gasteiger partial charge in [0.15, 0.2) is 0 Å². The largest absolute Gasteiger partial charge is 0.478 e. The van der Waals surface area contributed by atoms with Gasteiger partial charge in [0, 0.05) is 12.2 Å². The van der Waals surface area contributed by atoms with E-state index in [1.807, 2.05) is 0 Å². The highest BCUT2D eigenvalue weighted by Gasteiger charge is 1.95. The average molecular weight is 141 g/mol. The summed E-state index contributed by atoms with van der Waals surface area (Å²) in [7, 11) is 0. The van der Waals surface area contributed by atoms with Crippen molar-refractivity contribution in [1.82, 2.24) is 0 Å². The van der Waals surface area contributed by atoms with Crippen LogP contribution in [0.15, 0.2) is 12.2 Å². The average Bonchev–Trinajstić information content (AvgIpc) is 1.85. The summed E-state index contributed by atoms with van der Waals surface area (Å²) in [6.07, 6.45) is 2.32. The summed E-state index contributed by atoms with van der Waals surface area (Å²) in [4.78, 5) is 19.9. The lowest BCUT2D eigenvalue weighted by Crippen LogP contribution is -1.96. The molecule has 0 unspecified atom stereocenters. The van der Waals surface area contributed by atoms with Crippen LogP contribution in [0.5, 0.6) is 0 Å². The van der Waals surface area contributed by atoms with E-state index >= 15 is 0 Å². The summed E-state index contributed by atoms with van der Waals surface area (Å²) in [5, 5.41) is 15.7. The molecule has 0 fully saturated rings. The fourth-order valence-electron chi connectivity index (χ4n) is 0.218. The molecule has 1 N–H and O–H groups in total. The zero-order valence-electron chi connectivity index (χ0n) is 4.77. The molecule has 5 nitrogen and oxygen atoms in total. The third-order valence-electron chi connectivity index (χ3n) is 0.508. The number of hydrogen-bond acceptors (Lipinski definition) is 4. The van der Waals surface area contributed by atoms with Crippen molar-refractivity contribution in [3.05, 3.63) is 12.2 Å². The van der Waals surface area contributed by atoms with E-state index in [1.165, 1.54) is 0 Å². The van der Waals surface area contributed by atoms with Gasteiger partial charge < -0.3 is 9.84 Å². The number of carboxylic acid groups (broad SMARTS) is 1. The number of rotatable bonds is 2. The first-order valence-electron chi connectivity index (χ1n) is 2.17. The molecule has 0 heterocycles. The Bertz CT molecular complexity index is 212. The molecular formula is C5H3NO4. The van der Waals surface area contributed by atoms with Gasteiger partial charge in [-0.05, 0) is 0 Å². The number of carboxylic acids is 1. The number of esters is 1. The summed E-state index contributed by atoms with van der Waals surface area (Å²) >= 11 is 0. The van der Waals surface area contributed by atoms with Gasteiger partial charge in [-0.1, -0.05) is 0 Å². The Kier molecular flexibility index (Phi) is 3.34. The maximum atomic E-state index is 10.2. The Hall–Kier alpha value is -1.83. The minimum atomic E-state index is -1.27. The molecule has 10 heavy (non-hydrogen) atoms. The van der Waals surface area contributed by atoms with Crippen LogP contribution in [-0.2, 0) is 14.3 Å². The van der Waals surface area contributed by atoms with Crippen molar-refractivity contribution in [2.75, 3.05) is 0 Å². The number of carbonyl (C=O) groups is 2. The molecule has 0 aliphatic carbocycles. The highest BCUT2D eigenvalue weighted by atomic mass is 16.5. The van der Waals surface area contributed by atoms with Crippen LogP contribution in [-0.4, -0.2) is 17.0 Å². The van der Waals surface area contributed by atoms with E-state index in [0.29, 0.717) is 12.2 Å². The summed E-state index contributed by atoms with van der Waals surface area (Å²) in [6.45, 7) is 0. The van der Waals surface area contributed by atoms with Crippen molar-refractivity contribution in [2.24, 2.45) is 0 Å². The van der Waals surface area contributed by atoms with E-state index in [4.69, 9.17) is 10.4 Å². The first-order chi connectivity index (χ1) is 4.66. The van der Waals surface area contributed by atoms with E-state index in [9.17, 15) is 9.59 Å². The minimum absolute atomic E-state index is 0.583. The molecule has 0 bridgehead atoms. The Balaban J connectivity index is 3.81. The van der Waals surface area contributed by atoms with E-state index in [1.54, 1.807) is 0 Å². The van der Waals surface area contributed by atoms with Crippen LogP contribution < -0.4 is 0 Å². The lowest BCUT2D eigenvalue weighted by atomic mass is 10.5. The number of ether oxygens (including phenoxy) is 1. The second-order valence-corrected chi connectivity index (χ2v) is 1.18. The van der Waals surface area contributed by atoms with Crippen molar-refractivity contribution in [3.63, 3.8) is 0 Å². The molecule has 0 aromatic heterocycles. The molecule has 0 atom stereocenters. The fraction of sp³-hybridized carbons (Fsp3) is 0. The molecular weight excluding hydrogens is 138 g/mol. The van der Waals surface area contributed by atoms with Crippen molar-refractivity contribution in [1.29, 1.82) is 5.26 Å². The monoisotopic (exact) mass is 141 g/mol. The Morgan fingerprint density at radius 3 is 2.50 bits per heavy atom. The number of nitriles is 1. The van der Waals surface area contributed by atoms with Crippen LogP contribution in [0.4, 0.5) is 0 Å². The molecule has 52 valence electrons. The maximum absolute atomic E-state index is 10.2. The predicted octanol–water partition coefficient (Wildman–Crippen LogP) is -0.349. The summed E-state index contributed by atoms with van der Waals surface area (Å²) in [5.74, 6) is -2.26. The number of nitrogens with zero attached hydrogens (tertiary/aromatic N) is 1. The van der Waals surface area contributed by atoms with Crippen LogP contribution in [0, 0.1) is 11.5 Å². The smallest absolute Gasteiger partial charge is 0.346 e. The van der Waals surface area contributed by atoms with Crippen molar-refractivity contribution >= 4 is 11.9 Å². The number of hydrogen-bond donors (Lipinski definition) is 1. The number of aliphatic carboxylic acids is 1. The van der Waals surface area contributed by atoms with Gasteiger partial charge in [0.2, 0.25) is 0 Å². The summed E-state index contributed by atoms with van der Waals surface area (Å²) < 4.78 is 3.71. The zero-order chi connectivity index (χ0) is 7.98. The van der Waals surface area contributed by atoms with Crippen LogP contribution in [0.2, 0.25) is 0 Å². The third-order valence-corrected chi connectivity index (χ3v) is 0.508. The van der Waals surface area contributed by atoms with E-state index in [0.717, 1.165) is 6.26 Å². The maximum Gasteiger partial charge on any atom is 0.346 e. The van der Waals surface area contributed by atoms with Gasteiger partial charge in [0.05, 0.1) is 0 Å². The van der Waals surface area contributed by atoms with E-state index < -0.39 is 11.9 Å². The number of carbonyl (C=O) groups excluding carboxylic acids is 1. The second-order valence-electron chi connectivity index (χ2n) is 1.18. The van der Waals surface area contributed by atoms with Gasteiger partial charge in [0.25, 0.3) is 6.26 Å². The van der Waals surface area contributed by atoms with Gasteiger partial charge in [-0.2, -0.15) is 0 Å². The fourth-order valence-corrected chi connectivity index (χ4v) is 0.218. The van der Waals surface area contributed by atoms with Gasteiger partial charge in [0.1, 0.15) is 0 Å². The first-order valence-corrected chi connectivity index (χ1v) is 2.17. The van der Waals surface area contributed by atoms with Crippen LogP contribution in [0.25, 0.3) is 0 Å². The van der Waals surface area contributed by atoms with Crippen LogP contribution in [0.3, 0.4) is 0 Å². The standard InChI is InChI=1S/C5H3NO4/c6-3-10-5(9)2-1-4(7)8/h1-2H,(H,7,8)/b2-1+. The summed E-state index contributed by atoms with van der Waals surface area (Å²) in [6, 6.07) is 0.